The molecule has 0 spiro atoms. The van der Waals surface area contributed by atoms with Crippen LogP contribution in [0.1, 0.15) is 51.8 Å². The third-order valence-electron chi connectivity index (χ3n) is 6.81. The predicted molar refractivity (Wildman–Crippen MR) is 116 cm³/mol. The molecule has 3 aliphatic rings. The van der Waals surface area contributed by atoms with Crippen molar-refractivity contribution in [3.8, 4) is 0 Å². The van der Waals surface area contributed by atoms with Crippen molar-refractivity contribution in [1.29, 1.82) is 0 Å². The monoisotopic (exact) mass is 410 g/mol. The second-order valence-electron chi connectivity index (χ2n) is 8.61. The average Bonchev–Trinajstić information content (AvgIpc) is 3.40. The van der Waals surface area contributed by atoms with Crippen LogP contribution in [0.15, 0.2) is 23.7 Å². The number of hydrogen-bond donors (Lipinski definition) is 0. The molecule has 0 N–H and O–H groups in total. The molecule has 2 fully saturated rings. The molecule has 0 saturated carbocycles. The zero-order valence-electron chi connectivity index (χ0n) is 17.3. The van der Waals surface area contributed by atoms with Gasteiger partial charge in [-0.05, 0) is 49.4 Å². The van der Waals surface area contributed by atoms with Gasteiger partial charge in [0.25, 0.3) is 5.91 Å². The first-order valence-corrected chi connectivity index (χ1v) is 11.9. The van der Waals surface area contributed by atoms with Crippen LogP contribution in [-0.2, 0) is 25.9 Å². The van der Waals surface area contributed by atoms with Crippen LogP contribution in [0.2, 0.25) is 0 Å². The van der Waals surface area contributed by atoms with Gasteiger partial charge in [0.05, 0.1) is 11.3 Å². The summed E-state index contributed by atoms with van der Waals surface area (Å²) >= 11 is 1.76. The van der Waals surface area contributed by atoms with E-state index in [-0.39, 0.29) is 5.91 Å². The summed E-state index contributed by atoms with van der Waals surface area (Å²) in [5.41, 5.74) is 4.70. The number of aryl methyl sites for hydroxylation is 1. The Bertz CT molecular complexity index is 878. The number of carbonyl (C=O) groups excluding carboxylic acids is 1. The lowest BCUT2D eigenvalue weighted by molar-refractivity contribution is 0.0570. The van der Waals surface area contributed by atoms with Crippen LogP contribution >= 0.6 is 11.3 Å². The Morgan fingerprint density at radius 2 is 2.17 bits per heavy atom. The van der Waals surface area contributed by atoms with Gasteiger partial charge in [-0.3, -0.25) is 19.6 Å². The maximum atomic E-state index is 13.2. The Balaban J connectivity index is 1.24. The van der Waals surface area contributed by atoms with Gasteiger partial charge in [-0.25, -0.2) is 0 Å². The number of rotatable bonds is 4. The summed E-state index contributed by atoms with van der Waals surface area (Å²) in [5, 5.41) is 2.12. The highest BCUT2D eigenvalue weighted by atomic mass is 32.1. The van der Waals surface area contributed by atoms with Gasteiger partial charge < -0.3 is 4.90 Å². The van der Waals surface area contributed by atoms with E-state index >= 15 is 0 Å². The molecule has 1 amide bonds. The van der Waals surface area contributed by atoms with E-state index < -0.39 is 0 Å². The lowest BCUT2D eigenvalue weighted by Gasteiger charge is -2.37. The third-order valence-corrected chi connectivity index (χ3v) is 7.82. The second-order valence-corrected chi connectivity index (χ2v) is 9.57. The molecule has 3 aliphatic heterocycles. The molecule has 0 radical (unpaired) electrons. The second kappa shape index (κ2) is 8.17. The number of amides is 1. The summed E-state index contributed by atoms with van der Waals surface area (Å²) in [6.45, 7) is 9.02. The van der Waals surface area contributed by atoms with Gasteiger partial charge in [0.2, 0.25) is 0 Å². The minimum Gasteiger partial charge on any atom is -0.336 e. The molecule has 1 unspecified atom stereocenters. The highest BCUT2D eigenvalue weighted by Gasteiger charge is 2.34. The summed E-state index contributed by atoms with van der Waals surface area (Å²) < 4.78 is 0. The summed E-state index contributed by atoms with van der Waals surface area (Å²) in [4.78, 5) is 26.4. The van der Waals surface area contributed by atoms with Gasteiger partial charge >= 0.3 is 0 Å². The van der Waals surface area contributed by atoms with Crippen LogP contribution in [0, 0.1) is 0 Å². The molecule has 0 bridgehead atoms. The Hall–Kier alpha value is -1.76. The van der Waals surface area contributed by atoms with Gasteiger partial charge in [-0.2, -0.15) is 0 Å². The van der Waals surface area contributed by atoms with Crippen molar-refractivity contribution in [2.24, 2.45) is 0 Å². The number of piperazine rings is 1. The molecule has 6 heteroatoms. The molecule has 154 valence electrons. The number of fused-ring (bicyclic) bond motifs is 2. The van der Waals surface area contributed by atoms with Crippen molar-refractivity contribution in [3.05, 3.63) is 51.0 Å². The van der Waals surface area contributed by atoms with Crippen molar-refractivity contribution in [2.75, 3.05) is 32.7 Å². The Labute approximate surface area is 177 Å². The fourth-order valence-electron chi connectivity index (χ4n) is 5.03. The highest BCUT2D eigenvalue weighted by molar-refractivity contribution is 7.10. The molecule has 2 saturated heterocycles. The van der Waals surface area contributed by atoms with Crippen LogP contribution in [0.3, 0.4) is 0 Å². The fourth-order valence-corrected chi connectivity index (χ4v) is 6.14. The molecule has 5 rings (SSSR count). The Morgan fingerprint density at radius 3 is 3.00 bits per heavy atom. The van der Waals surface area contributed by atoms with Crippen LogP contribution in [0.25, 0.3) is 0 Å². The first-order valence-electron chi connectivity index (χ1n) is 11.0. The molecule has 0 aromatic carbocycles. The summed E-state index contributed by atoms with van der Waals surface area (Å²) in [7, 11) is 0. The fraction of sp³-hybridized carbons (Fsp3) is 0.565. The van der Waals surface area contributed by atoms with Crippen LogP contribution in [-0.4, -0.2) is 64.4 Å². The standard InChI is InChI=1S/C23H30N4OS/c1-2-17-5-6-18(24-12-17)13-25-9-7-20-21(16-29-22(20)15-25)23(28)27-11-10-26-8-3-4-19(26)14-27/h5-6,12,16,19H,2-4,7-11,13-15H2,1H3. The van der Waals surface area contributed by atoms with Crippen molar-refractivity contribution in [3.63, 3.8) is 0 Å². The van der Waals surface area contributed by atoms with Crippen LogP contribution in [0.4, 0.5) is 0 Å². The van der Waals surface area contributed by atoms with E-state index in [1.807, 2.05) is 6.20 Å². The van der Waals surface area contributed by atoms with Crippen molar-refractivity contribution in [2.45, 2.75) is 51.7 Å². The van der Waals surface area contributed by atoms with E-state index in [2.05, 4.69) is 44.1 Å². The largest absolute Gasteiger partial charge is 0.336 e. The summed E-state index contributed by atoms with van der Waals surface area (Å²) in [6.07, 6.45) is 6.52. The highest BCUT2D eigenvalue weighted by Crippen LogP contribution is 2.31. The molecule has 0 aliphatic carbocycles. The van der Waals surface area contributed by atoms with Gasteiger partial charge in [0.1, 0.15) is 0 Å². The van der Waals surface area contributed by atoms with E-state index in [4.69, 9.17) is 0 Å². The number of pyridine rings is 1. The number of nitrogens with zero attached hydrogens (tertiary/aromatic N) is 4. The zero-order valence-corrected chi connectivity index (χ0v) is 18.1. The quantitative estimate of drug-likeness (QED) is 0.776. The molecule has 5 nitrogen and oxygen atoms in total. The maximum Gasteiger partial charge on any atom is 0.255 e. The van der Waals surface area contributed by atoms with Crippen molar-refractivity contribution < 1.29 is 4.79 Å². The van der Waals surface area contributed by atoms with Gasteiger partial charge in [0.15, 0.2) is 0 Å². The van der Waals surface area contributed by atoms with E-state index in [0.29, 0.717) is 6.04 Å². The third kappa shape index (κ3) is 3.86. The molecule has 2 aromatic rings. The zero-order chi connectivity index (χ0) is 19.8. The Morgan fingerprint density at radius 1 is 1.24 bits per heavy atom. The van der Waals surface area contributed by atoms with E-state index in [0.717, 1.165) is 63.4 Å². The SMILES string of the molecule is CCc1ccc(CN2CCc3c(C(=O)N4CCN5CCCC5C4)csc3C2)nc1. The normalized spacial score (nSPS) is 22.5. The summed E-state index contributed by atoms with van der Waals surface area (Å²) in [6, 6.07) is 4.92. The molecular weight excluding hydrogens is 380 g/mol. The van der Waals surface area contributed by atoms with Gasteiger partial charge in [0, 0.05) is 61.8 Å². The first-order chi connectivity index (χ1) is 14.2. The minimum absolute atomic E-state index is 0.263. The Kier molecular flexibility index (Phi) is 5.41. The number of thiophene rings is 1. The van der Waals surface area contributed by atoms with Crippen LogP contribution < -0.4 is 0 Å². The molecular formula is C23H30N4OS. The van der Waals surface area contributed by atoms with Crippen LogP contribution in [0.5, 0.6) is 0 Å². The van der Waals surface area contributed by atoms with Crippen molar-refractivity contribution >= 4 is 17.2 Å². The summed E-state index contributed by atoms with van der Waals surface area (Å²) in [5.74, 6) is 0.263. The number of hydrogen-bond acceptors (Lipinski definition) is 5. The lowest BCUT2D eigenvalue weighted by atomic mass is 10.0. The minimum atomic E-state index is 0.263. The molecule has 2 aromatic heterocycles. The topological polar surface area (TPSA) is 39.7 Å². The van der Waals surface area contributed by atoms with Gasteiger partial charge in [-0.15, -0.1) is 11.3 Å². The molecule has 1 atom stereocenters. The van der Waals surface area contributed by atoms with E-state index in [9.17, 15) is 4.79 Å². The van der Waals surface area contributed by atoms with Crippen molar-refractivity contribution in [1.82, 2.24) is 19.7 Å². The van der Waals surface area contributed by atoms with Gasteiger partial charge in [-0.1, -0.05) is 13.0 Å². The predicted octanol–water partition coefficient (Wildman–Crippen LogP) is 3.18. The lowest BCUT2D eigenvalue weighted by Crippen LogP contribution is -2.52. The number of aromatic nitrogens is 1. The number of carbonyl (C=O) groups is 1. The smallest absolute Gasteiger partial charge is 0.255 e. The van der Waals surface area contributed by atoms with E-state index in [1.54, 1.807) is 11.3 Å². The average molecular weight is 411 g/mol. The molecule has 29 heavy (non-hydrogen) atoms. The molecule has 5 heterocycles. The first kappa shape index (κ1) is 19.2. The van der Waals surface area contributed by atoms with E-state index in [1.165, 1.54) is 35.4 Å². The maximum absolute atomic E-state index is 13.2.